The maximum atomic E-state index is 2.26. The van der Waals surface area contributed by atoms with Gasteiger partial charge in [0.15, 0.2) is 0 Å². The molecule has 0 saturated carbocycles. The highest BCUT2D eigenvalue weighted by Gasteiger charge is 1.83. The highest BCUT2D eigenvalue weighted by Crippen LogP contribution is 2.01. The van der Waals surface area contributed by atoms with E-state index in [-0.39, 0.29) is 0 Å². The molecular formula is C10H19. The van der Waals surface area contributed by atoms with Gasteiger partial charge in [-0.3, -0.25) is 0 Å². The van der Waals surface area contributed by atoms with Crippen LogP contribution in [0, 0.1) is 6.42 Å². The Balaban J connectivity index is 2.83. The summed E-state index contributed by atoms with van der Waals surface area (Å²) in [5, 5.41) is 0. The summed E-state index contributed by atoms with van der Waals surface area (Å²) in [5.41, 5.74) is 0. The molecule has 0 fully saturated rings. The molecule has 0 aromatic rings. The van der Waals surface area contributed by atoms with Crippen LogP contribution in [0.25, 0.3) is 0 Å². The van der Waals surface area contributed by atoms with E-state index >= 15 is 0 Å². The maximum Gasteiger partial charge on any atom is -0.0171 e. The van der Waals surface area contributed by atoms with Crippen LogP contribution in [0.15, 0.2) is 12.2 Å². The van der Waals surface area contributed by atoms with Crippen molar-refractivity contribution >= 4 is 0 Å². The number of unbranched alkanes of at least 4 members (excludes halogenated alkanes) is 4. The second kappa shape index (κ2) is 8.74. The van der Waals surface area contributed by atoms with Crippen molar-refractivity contribution < 1.29 is 0 Å². The van der Waals surface area contributed by atoms with Gasteiger partial charge in [0.25, 0.3) is 0 Å². The molecule has 0 spiro atoms. The molecule has 0 aliphatic carbocycles. The van der Waals surface area contributed by atoms with E-state index in [1.807, 2.05) is 0 Å². The third-order valence-electron chi connectivity index (χ3n) is 1.48. The van der Waals surface area contributed by atoms with Gasteiger partial charge in [-0.15, -0.1) is 0 Å². The van der Waals surface area contributed by atoms with Gasteiger partial charge in [0.05, 0.1) is 0 Å². The third-order valence-corrected chi connectivity index (χ3v) is 1.48. The Morgan fingerprint density at radius 1 is 1.10 bits per heavy atom. The van der Waals surface area contributed by atoms with Gasteiger partial charge < -0.3 is 0 Å². The van der Waals surface area contributed by atoms with Gasteiger partial charge >= 0.3 is 0 Å². The van der Waals surface area contributed by atoms with Crippen molar-refractivity contribution in [2.75, 3.05) is 0 Å². The van der Waals surface area contributed by atoms with E-state index in [1.54, 1.807) is 0 Å². The first-order valence-corrected chi connectivity index (χ1v) is 4.40. The van der Waals surface area contributed by atoms with E-state index < -0.39 is 0 Å². The molecule has 0 amide bonds. The summed E-state index contributed by atoms with van der Waals surface area (Å²) in [4.78, 5) is 0. The van der Waals surface area contributed by atoms with Crippen molar-refractivity contribution in [2.45, 2.75) is 46.0 Å². The molecule has 0 heteroatoms. The molecule has 0 nitrogen and oxygen atoms in total. The molecule has 0 aliphatic heterocycles. The molecule has 0 saturated heterocycles. The number of hydrogen-bond acceptors (Lipinski definition) is 0. The van der Waals surface area contributed by atoms with E-state index in [2.05, 4.69) is 32.4 Å². The minimum absolute atomic E-state index is 1.16. The Morgan fingerprint density at radius 3 is 2.50 bits per heavy atom. The van der Waals surface area contributed by atoms with Crippen molar-refractivity contribution in [1.82, 2.24) is 0 Å². The highest BCUT2D eigenvalue weighted by molar-refractivity contribution is 4.93. The molecular weight excluding hydrogens is 120 g/mol. The molecule has 10 heavy (non-hydrogen) atoms. The number of hydrogen-bond donors (Lipinski definition) is 0. The molecule has 0 bridgehead atoms. The van der Waals surface area contributed by atoms with Gasteiger partial charge in [0.2, 0.25) is 0 Å². The highest BCUT2D eigenvalue weighted by atomic mass is 13.9. The van der Waals surface area contributed by atoms with Crippen LogP contribution in [-0.4, -0.2) is 0 Å². The van der Waals surface area contributed by atoms with Crippen molar-refractivity contribution in [1.29, 1.82) is 0 Å². The predicted molar refractivity (Wildman–Crippen MR) is 47.9 cm³/mol. The quantitative estimate of drug-likeness (QED) is 0.492. The van der Waals surface area contributed by atoms with Gasteiger partial charge in [0.1, 0.15) is 0 Å². The summed E-state index contributed by atoms with van der Waals surface area (Å²) >= 11 is 0. The monoisotopic (exact) mass is 139 g/mol. The first kappa shape index (κ1) is 9.74. The fourth-order valence-corrected chi connectivity index (χ4v) is 0.841. The second-order valence-electron chi connectivity index (χ2n) is 2.57. The summed E-state index contributed by atoms with van der Waals surface area (Å²) in [6.45, 7) is 4.40. The van der Waals surface area contributed by atoms with Crippen molar-refractivity contribution in [3.63, 3.8) is 0 Å². The van der Waals surface area contributed by atoms with Crippen LogP contribution in [0.4, 0.5) is 0 Å². The number of rotatable bonds is 6. The minimum atomic E-state index is 1.16. The maximum absolute atomic E-state index is 2.26. The van der Waals surface area contributed by atoms with Crippen LogP contribution in [0.3, 0.4) is 0 Å². The Morgan fingerprint density at radius 2 is 1.90 bits per heavy atom. The van der Waals surface area contributed by atoms with Crippen molar-refractivity contribution in [2.24, 2.45) is 0 Å². The zero-order valence-electron chi connectivity index (χ0n) is 7.27. The van der Waals surface area contributed by atoms with Crippen LogP contribution in [-0.2, 0) is 0 Å². The van der Waals surface area contributed by atoms with E-state index in [0.29, 0.717) is 0 Å². The zero-order valence-corrected chi connectivity index (χ0v) is 7.27. The second-order valence-corrected chi connectivity index (χ2v) is 2.57. The largest absolute Gasteiger partial charge is 0.0885 e. The smallest absolute Gasteiger partial charge is 0.0171 e. The van der Waals surface area contributed by atoms with Gasteiger partial charge in [-0.25, -0.2) is 0 Å². The van der Waals surface area contributed by atoms with Crippen LogP contribution in [0.2, 0.25) is 0 Å². The van der Waals surface area contributed by atoms with Gasteiger partial charge in [-0.05, 0) is 19.3 Å². The first-order valence-electron chi connectivity index (χ1n) is 4.40. The topological polar surface area (TPSA) is 0 Å². The SMILES string of the molecule is CC/C=C/[CH]CCCCC. The van der Waals surface area contributed by atoms with Crippen molar-refractivity contribution in [3.05, 3.63) is 18.6 Å². The van der Waals surface area contributed by atoms with Gasteiger partial charge in [-0.1, -0.05) is 45.3 Å². The lowest BCUT2D eigenvalue weighted by Crippen LogP contribution is -1.74. The third kappa shape index (κ3) is 7.74. The molecule has 0 rings (SSSR count). The van der Waals surface area contributed by atoms with Gasteiger partial charge in [-0.2, -0.15) is 0 Å². The molecule has 0 N–H and O–H groups in total. The van der Waals surface area contributed by atoms with E-state index in [0.717, 1.165) is 6.42 Å². The predicted octanol–water partition coefficient (Wildman–Crippen LogP) is 3.74. The molecule has 0 aliphatic rings. The minimum Gasteiger partial charge on any atom is -0.0885 e. The van der Waals surface area contributed by atoms with E-state index in [1.165, 1.54) is 25.7 Å². The lowest BCUT2D eigenvalue weighted by Gasteiger charge is -1.92. The Labute approximate surface area is 65.3 Å². The summed E-state index contributed by atoms with van der Waals surface area (Å²) < 4.78 is 0. The lowest BCUT2D eigenvalue weighted by atomic mass is 10.1. The molecule has 0 unspecified atom stereocenters. The van der Waals surface area contributed by atoms with E-state index in [4.69, 9.17) is 0 Å². The average molecular weight is 139 g/mol. The number of allylic oxidation sites excluding steroid dienone is 2. The van der Waals surface area contributed by atoms with Crippen molar-refractivity contribution in [3.8, 4) is 0 Å². The van der Waals surface area contributed by atoms with Gasteiger partial charge in [0, 0.05) is 0 Å². The molecule has 0 aromatic heterocycles. The summed E-state index contributed by atoms with van der Waals surface area (Å²) in [7, 11) is 0. The molecule has 1 radical (unpaired) electrons. The Hall–Kier alpha value is -0.260. The lowest BCUT2D eigenvalue weighted by molar-refractivity contribution is 0.717. The summed E-state index contributed by atoms with van der Waals surface area (Å²) in [6.07, 6.45) is 13.1. The Bertz CT molecular complexity index is 72.1. The standard InChI is InChI=1S/C10H19/c1-3-5-7-9-10-8-6-4-2/h5,7,9H,3-4,6,8,10H2,1-2H3/b7-5+. The molecule has 0 aromatic carbocycles. The average Bonchev–Trinajstić information content (AvgIpc) is 1.97. The molecule has 59 valence electrons. The molecule has 0 atom stereocenters. The first-order chi connectivity index (χ1) is 4.91. The molecule has 0 heterocycles. The Kier molecular flexibility index (Phi) is 8.51. The summed E-state index contributed by atoms with van der Waals surface area (Å²) in [6, 6.07) is 0. The normalized spacial score (nSPS) is 11.0. The van der Waals surface area contributed by atoms with Crippen LogP contribution >= 0.6 is 0 Å². The zero-order chi connectivity index (χ0) is 7.66. The fraction of sp³-hybridized carbons (Fsp3) is 0.700. The van der Waals surface area contributed by atoms with Crippen LogP contribution in [0.5, 0.6) is 0 Å². The van der Waals surface area contributed by atoms with E-state index in [9.17, 15) is 0 Å². The fourth-order valence-electron chi connectivity index (χ4n) is 0.841. The van der Waals surface area contributed by atoms with Crippen LogP contribution in [0.1, 0.15) is 46.0 Å². The van der Waals surface area contributed by atoms with Crippen LogP contribution < -0.4 is 0 Å². The summed E-state index contributed by atoms with van der Waals surface area (Å²) in [5.74, 6) is 0.